The predicted octanol–water partition coefficient (Wildman–Crippen LogP) is 0.727. The van der Waals surface area contributed by atoms with Crippen molar-refractivity contribution in [1.82, 2.24) is 15.5 Å². The standard InChI is InChI=1S/C13H25N3O/c1-3-10(2)14-8-13(17)15-11-6-7-16(9-11)12-4-5-12/h10-12,14H,3-9H2,1-2H3,(H,15,17). The summed E-state index contributed by atoms with van der Waals surface area (Å²) in [4.78, 5) is 14.2. The van der Waals surface area contributed by atoms with Crippen molar-refractivity contribution in [1.29, 1.82) is 0 Å². The highest BCUT2D eigenvalue weighted by atomic mass is 16.2. The topological polar surface area (TPSA) is 44.4 Å². The van der Waals surface area contributed by atoms with E-state index in [1.54, 1.807) is 0 Å². The van der Waals surface area contributed by atoms with Crippen LogP contribution in [0.1, 0.15) is 39.5 Å². The van der Waals surface area contributed by atoms with Crippen molar-refractivity contribution in [3.8, 4) is 0 Å². The van der Waals surface area contributed by atoms with E-state index in [1.807, 2.05) is 0 Å². The van der Waals surface area contributed by atoms with E-state index in [0.29, 0.717) is 18.6 Å². The van der Waals surface area contributed by atoms with Gasteiger partial charge in [-0.1, -0.05) is 6.92 Å². The molecule has 0 spiro atoms. The van der Waals surface area contributed by atoms with Crippen LogP contribution in [0.25, 0.3) is 0 Å². The number of hydrogen-bond acceptors (Lipinski definition) is 3. The van der Waals surface area contributed by atoms with Crippen LogP contribution < -0.4 is 10.6 Å². The molecule has 4 heteroatoms. The van der Waals surface area contributed by atoms with E-state index in [-0.39, 0.29) is 5.91 Å². The third-order valence-corrected chi connectivity index (χ3v) is 3.87. The normalized spacial score (nSPS) is 27.1. The highest BCUT2D eigenvalue weighted by Gasteiger charge is 2.34. The summed E-state index contributed by atoms with van der Waals surface area (Å²) < 4.78 is 0. The largest absolute Gasteiger partial charge is 0.351 e. The van der Waals surface area contributed by atoms with Gasteiger partial charge >= 0.3 is 0 Å². The summed E-state index contributed by atoms with van der Waals surface area (Å²) in [5.41, 5.74) is 0. The molecule has 0 bridgehead atoms. The lowest BCUT2D eigenvalue weighted by Gasteiger charge is -2.17. The maximum absolute atomic E-state index is 11.7. The number of nitrogens with one attached hydrogen (secondary N) is 2. The van der Waals surface area contributed by atoms with Crippen molar-refractivity contribution < 1.29 is 4.79 Å². The van der Waals surface area contributed by atoms with E-state index in [1.165, 1.54) is 12.8 Å². The lowest BCUT2D eigenvalue weighted by atomic mass is 10.2. The minimum atomic E-state index is 0.146. The number of hydrogen-bond donors (Lipinski definition) is 2. The van der Waals surface area contributed by atoms with Gasteiger partial charge in [0.15, 0.2) is 0 Å². The number of carbonyl (C=O) groups excluding carboxylic acids is 1. The minimum Gasteiger partial charge on any atom is -0.351 e. The third kappa shape index (κ3) is 3.96. The van der Waals surface area contributed by atoms with Crippen LogP contribution in [0.4, 0.5) is 0 Å². The van der Waals surface area contributed by atoms with Gasteiger partial charge in [-0.05, 0) is 32.6 Å². The first-order valence-corrected chi connectivity index (χ1v) is 6.95. The first-order chi connectivity index (χ1) is 8.19. The number of amides is 1. The highest BCUT2D eigenvalue weighted by Crippen LogP contribution is 2.29. The Labute approximate surface area is 104 Å². The summed E-state index contributed by atoms with van der Waals surface area (Å²) in [5.74, 6) is 0.146. The van der Waals surface area contributed by atoms with Gasteiger partial charge in [0, 0.05) is 31.2 Å². The van der Waals surface area contributed by atoms with Gasteiger partial charge < -0.3 is 10.6 Å². The number of likely N-dealkylation sites (tertiary alicyclic amines) is 1. The molecule has 0 aromatic rings. The second kappa shape index (κ2) is 5.83. The van der Waals surface area contributed by atoms with Crippen LogP contribution in [0.2, 0.25) is 0 Å². The van der Waals surface area contributed by atoms with Gasteiger partial charge in [0.05, 0.1) is 6.54 Å². The molecule has 2 unspecified atom stereocenters. The Kier molecular flexibility index (Phi) is 4.40. The van der Waals surface area contributed by atoms with E-state index < -0.39 is 0 Å². The second-order valence-electron chi connectivity index (χ2n) is 5.47. The number of carbonyl (C=O) groups is 1. The van der Waals surface area contributed by atoms with E-state index in [2.05, 4.69) is 29.4 Å². The Morgan fingerprint density at radius 2 is 2.18 bits per heavy atom. The Bertz CT molecular complexity index is 265. The van der Waals surface area contributed by atoms with Crippen LogP contribution in [0, 0.1) is 0 Å². The first kappa shape index (κ1) is 12.8. The molecule has 98 valence electrons. The molecular formula is C13H25N3O. The smallest absolute Gasteiger partial charge is 0.234 e. The fraction of sp³-hybridized carbons (Fsp3) is 0.923. The fourth-order valence-corrected chi connectivity index (χ4v) is 2.37. The summed E-state index contributed by atoms with van der Waals surface area (Å²) in [6.45, 7) is 6.90. The molecule has 1 amide bonds. The molecule has 1 aliphatic heterocycles. The third-order valence-electron chi connectivity index (χ3n) is 3.87. The fourth-order valence-electron chi connectivity index (χ4n) is 2.37. The van der Waals surface area contributed by atoms with Crippen molar-refractivity contribution in [2.75, 3.05) is 19.6 Å². The van der Waals surface area contributed by atoms with Crippen molar-refractivity contribution in [3.63, 3.8) is 0 Å². The Morgan fingerprint density at radius 1 is 1.41 bits per heavy atom. The maximum atomic E-state index is 11.7. The minimum absolute atomic E-state index is 0.146. The summed E-state index contributed by atoms with van der Waals surface area (Å²) in [7, 11) is 0. The van der Waals surface area contributed by atoms with Gasteiger partial charge in [-0.15, -0.1) is 0 Å². The summed E-state index contributed by atoms with van der Waals surface area (Å²) in [6.07, 6.45) is 4.89. The molecule has 4 nitrogen and oxygen atoms in total. The molecule has 2 atom stereocenters. The van der Waals surface area contributed by atoms with Crippen LogP contribution >= 0.6 is 0 Å². The van der Waals surface area contributed by atoms with Gasteiger partial charge in [-0.2, -0.15) is 0 Å². The predicted molar refractivity (Wildman–Crippen MR) is 68.9 cm³/mol. The van der Waals surface area contributed by atoms with E-state index in [9.17, 15) is 4.79 Å². The zero-order valence-electron chi connectivity index (χ0n) is 11.0. The van der Waals surface area contributed by atoms with Crippen LogP contribution in [0.15, 0.2) is 0 Å². The molecule has 2 rings (SSSR count). The van der Waals surface area contributed by atoms with Crippen molar-refractivity contribution in [3.05, 3.63) is 0 Å². The molecule has 0 aromatic heterocycles. The van der Waals surface area contributed by atoms with E-state index in [0.717, 1.165) is 32.0 Å². The number of rotatable bonds is 6. The molecule has 1 saturated carbocycles. The zero-order valence-corrected chi connectivity index (χ0v) is 11.0. The van der Waals surface area contributed by atoms with Crippen LogP contribution in [-0.4, -0.2) is 48.6 Å². The van der Waals surface area contributed by atoms with Crippen LogP contribution in [-0.2, 0) is 4.79 Å². The highest BCUT2D eigenvalue weighted by molar-refractivity contribution is 5.78. The summed E-state index contributed by atoms with van der Waals surface area (Å²) in [5, 5.41) is 6.35. The maximum Gasteiger partial charge on any atom is 0.234 e. The van der Waals surface area contributed by atoms with Gasteiger partial charge in [-0.3, -0.25) is 9.69 Å². The quantitative estimate of drug-likeness (QED) is 0.718. The van der Waals surface area contributed by atoms with Crippen molar-refractivity contribution in [2.24, 2.45) is 0 Å². The molecule has 2 fully saturated rings. The van der Waals surface area contributed by atoms with E-state index >= 15 is 0 Å². The second-order valence-corrected chi connectivity index (χ2v) is 5.47. The average molecular weight is 239 g/mol. The Balaban J connectivity index is 1.62. The van der Waals surface area contributed by atoms with E-state index in [4.69, 9.17) is 0 Å². The van der Waals surface area contributed by atoms with Gasteiger partial charge in [0.2, 0.25) is 5.91 Å². The van der Waals surface area contributed by atoms with Gasteiger partial charge in [-0.25, -0.2) is 0 Å². The Morgan fingerprint density at radius 3 is 2.82 bits per heavy atom. The molecule has 1 saturated heterocycles. The Hall–Kier alpha value is -0.610. The summed E-state index contributed by atoms with van der Waals surface area (Å²) in [6, 6.07) is 1.63. The van der Waals surface area contributed by atoms with Crippen LogP contribution in [0.3, 0.4) is 0 Å². The molecule has 1 heterocycles. The molecule has 2 aliphatic rings. The molecule has 2 N–H and O–H groups in total. The lowest BCUT2D eigenvalue weighted by molar-refractivity contribution is -0.121. The molecular weight excluding hydrogens is 214 g/mol. The number of nitrogens with zero attached hydrogens (tertiary/aromatic N) is 1. The first-order valence-electron chi connectivity index (χ1n) is 6.95. The molecule has 0 radical (unpaired) electrons. The monoisotopic (exact) mass is 239 g/mol. The average Bonchev–Trinajstić information content (AvgIpc) is 3.08. The SMILES string of the molecule is CCC(C)NCC(=O)NC1CCN(C2CC2)C1. The summed E-state index contributed by atoms with van der Waals surface area (Å²) >= 11 is 0. The lowest BCUT2D eigenvalue weighted by Crippen LogP contribution is -2.43. The van der Waals surface area contributed by atoms with Gasteiger partial charge in [0.1, 0.15) is 0 Å². The van der Waals surface area contributed by atoms with Gasteiger partial charge in [0.25, 0.3) is 0 Å². The van der Waals surface area contributed by atoms with Crippen LogP contribution in [0.5, 0.6) is 0 Å². The zero-order chi connectivity index (χ0) is 12.3. The van der Waals surface area contributed by atoms with Crippen molar-refractivity contribution in [2.45, 2.75) is 57.7 Å². The molecule has 17 heavy (non-hydrogen) atoms. The molecule has 1 aliphatic carbocycles. The van der Waals surface area contributed by atoms with Crippen molar-refractivity contribution >= 4 is 5.91 Å². The molecule has 0 aromatic carbocycles.